The van der Waals surface area contributed by atoms with E-state index < -0.39 is 0 Å². The van der Waals surface area contributed by atoms with Gasteiger partial charge in [0.1, 0.15) is 0 Å². The van der Waals surface area contributed by atoms with Crippen molar-refractivity contribution in [3.63, 3.8) is 0 Å². The predicted octanol–water partition coefficient (Wildman–Crippen LogP) is 2.37. The van der Waals surface area contributed by atoms with Gasteiger partial charge in [-0.1, -0.05) is 34.5 Å². The van der Waals surface area contributed by atoms with Crippen LogP contribution in [0.5, 0.6) is 5.06 Å². The lowest BCUT2D eigenvalue weighted by molar-refractivity contribution is 0.398. The lowest BCUT2D eigenvalue weighted by Crippen LogP contribution is -1.83. The Hall–Kier alpha value is 0.01000. The van der Waals surface area contributed by atoms with Crippen LogP contribution in [0.3, 0.4) is 0 Å². The average Bonchev–Trinajstić information content (AvgIpc) is 2.17. The van der Waals surface area contributed by atoms with Crippen LogP contribution in [0.15, 0.2) is 6.20 Å². The van der Waals surface area contributed by atoms with E-state index >= 15 is 0 Å². The maximum Gasteiger partial charge on any atom is 0.196 e. The lowest BCUT2D eigenvalue weighted by Gasteiger charge is -1.90. The minimum absolute atomic E-state index is 0.137. The zero-order valence-corrected chi connectivity index (χ0v) is 6.63. The molecule has 0 bridgehead atoms. The second kappa shape index (κ2) is 3.25. The number of alkyl halides is 1. The van der Waals surface area contributed by atoms with E-state index in [9.17, 15) is 0 Å². The molecule has 1 rings (SSSR count). The highest BCUT2D eigenvalue weighted by Gasteiger charge is 1.96. The summed E-state index contributed by atoms with van der Waals surface area (Å²) in [6.07, 6.45) is 1.54. The van der Waals surface area contributed by atoms with Crippen molar-refractivity contribution in [2.24, 2.45) is 0 Å². The molecule has 1 aromatic rings. The van der Waals surface area contributed by atoms with Gasteiger partial charge in [-0.25, -0.2) is 4.98 Å². The first-order valence-electron chi connectivity index (χ1n) is 2.13. The monoisotopic (exact) mass is 183 g/mol. The van der Waals surface area contributed by atoms with Crippen molar-refractivity contribution in [3.05, 3.63) is 10.7 Å². The second-order valence-corrected chi connectivity index (χ2v) is 2.98. The molecular formula is C4H3Cl2NOS. The molecule has 9 heavy (non-hydrogen) atoms. The van der Waals surface area contributed by atoms with Crippen molar-refractivity contribution in [1.82, 2.24) is 4.98 Å². The minimum Gasteiger partial charge on any atom is -0.467 e. The highest BCUT2D eigenvalue weighted by molar-refractivity contribution is 7.17. The summed E-state index contributed by atoms with van der Waals surface area (Å²) in [5.41, 5.74) is 0. The quantitative estimate of drug-likeness (QED) is 0.658. The fourth-order valence-corrected chi connectivity index (χ4v) is 1.31. The van der Waals surface area contributed by atoms with Crippen molar-refractivity contribution >= 4 is 34.5 Å². The molecule has 1 aromatic heterocycles. The van der Waals surface area contributed by atoms with Gasteiger partial charge in [0.15, 0.2) is 15.6 Å². The van der Waals surface area contributed by atoms with Gasteiger partial charge >= 0.3 is 0 Å². The number of thiazole rings is 1. The molecule has 1 heterocycles. The minimum atomic E-state index is 0.137. The lowest BCUT2D eigenvalue weighted by atomic mass is 10.9. The zero-order valence-electron chi connectivity index (χ0n) is 4.30. The van der Waals surface area contributed by atoms with Crippen LogP contribution in [-0.4, -0.2) is 11.1 Å². The molecular weight excluding hydrogens is 181 g/mol. The standard InChI is InChI=1S/C4H3Cl2NOS/c5-2-8-3-1-7-4(6)9-3/h1H,2H2. The van der Waals surface area contributed by atoms with Crippen LogP contribution < -0.4 is 4.74 Å². The third-order valence-corrected chi connectivity index (χ3v) is 1.79. The first kappa shape index (κ1) is 7.12. The molecule has 0 aromatic carbocycles. The SMILES string of the molecule is ClCOc1cnc(Cl)s1. The summed E-state index contributed by atoms with van der Waals surface area (Å²) in [5.74, 6) is 0. The van der Waals surface area contributed by atoms with Gasteiger partial charge < -0.3 is 4.74 Å². The molecule has 0 radical (unpaired) electrons. The van der Waals surface area contributed by atoms with E-state index in [-0.39, 0.29) is 6.07 Å². The van der Waals surface area contributed by atoms with Gasteiger partial charge in [-0.3, -0.25) is 0 Å². The number of hydrogen-bond acceptors (Lipinski definition) is 3. The third-order valence-electron chi connectivity index (χ3n) is 0.653. The smallest absolute Gasteiger partial charge is 0.196 e. The summed E-state index contributed by atoms with van der Waals surface area (Å²) in [7, 11) is 0. The van der Waals surface area contributed by atoms with Crippen molar-refractivity contribution in [2.75, 3.05) is 6.07 Å². The highest BCUT2D eigenvalue weighted by Crippen LogP contribution is 2.24. The van der Waals surface area contributed by atoms with Crippen molar-refractivity contribution in [1.29, 1.82) is 0 Å². The Bertz CT molecular complexity index is 190. The molecule has 0 amide bonds. The summed E-state index contributed by atoms with van der Waals surface area (Å²) >= 11 is 12.0. The van der Waals surface area contributed by atoms with Gasteiger partial charge in [-0.15, -0.1) is 0 Å². The summed E-state index contributed by atoms with van der Waals surface area (Å²) in [5, 5.41) is 0.648. The summed E-state index contributed by atoms with van der Waals surface area (Å²) < 4.78 is 5.33. The van der Waals surface area contributed by atoms with Gasteiger partial charge in [-0.05, 0) is 0 Å². The van der Waals surface area contributed by atoms with E-state index in [4.69, 9.17) is 27.9 Å². The molecule has 0 fully saturated rings. The molecule has 0 aliphatic rings. The largest absolute Gasteiger partial charge is 0.467 e. The molecule has 0 saturated carbocycles. The molecule has 2 nitrogen and oxygen atoms in total. The van der Waals surface area contributed by atoms with Gasteiger partial charge in [0, 0.05) is 0 Å². The number of rotatable bonds is 2. The van der Waals surface area contributed by atoms with E-state index in [1.165, 1.54) is 17.5 Å². The number of halogens is 2. The van der Waals surface area contributed by atoms with Gasteiger partial charge in [0.2, 0.25) is 0 Å². The topological polar surface area (TPSA) is 22.1 Å². The summed E-state index contributed by atoms with van der Waals surface area (Å²) in [4.78, 5) is 3.74. The Morgan fingerprint density at radius 2 is 2.56 bits per heavy atom. The first-order valence-corrected chi connectivity index (χ1v) is 3.86. The number of aromatic nitrogens is 1. The van der Waals surface area contributed by atoms with Gasteiger partial charge in [-0.2, -0.15) is 0 Å². The number of ether oxygens (including phenoxy) is 1. The van der Waals surface area contributed by atoms with Crippen molar-refractivity contribution in [2.45, 2.75) is 0 Å². The maximum atomic E-state index is 5.48. The van der Waals surface area contributed by atoms with Crippen LogP contribution in [0.4, 0.5) is 0 Å². The summed E-state index contributed by atoms with van der Waals surface area (Å²) in [6, 6.07) is 0.137. The molecule has 0 unspecified atom stereocenters. The molecule has 0 aliphatic carbocycles. The fourth-order valence-electron chi connectivity index (χ4n) is 0.360. The Morgan fingerprint density at radius 3 is 3.00 bits per heavy atom. The summed E-state index contributed by atoms with van der Waals surface area (Å²) in [6.45, 7) is 0. The van der Waals surface area contributed by atoms with Crippen LogP contribution in [-0.2, 0) is 0 Å². The van der Waals surface area contributed by atoms with E-state index in [1.54, 1.807) is 0 Å². The zero-order chi connectivity index (χ0) is 6.69. The first-order chi connectivity index (χ1) is 4.33. The van der Waals surface area contributed by atoms with Gasteiger partial charge in [0.25, 0.3) is 0 Å². The molecule has 0 atom stereocenters. The van der Waals surface area contributed by atoms with Crippen LogP contribution >= 0.6 is 34.5 Å². The van der Waals surface area contributed by atoms with E-state index in [0.717, 1.165) is 0 Å². The highest BCUT2D eigenvalue weighted by atomic mass is 35.5. The Kier molecular flexibility index (Phi) is 2.57. The van der Waals surface area contributed by atoms with Crippen LogP contribution in [0, 0.1) is 0 Å². The Morgan fingerprint density at radius 1 is 1.78 bits per heavy atom. The molecule has 5 heteroatoms. The Balaban J connectivity index is 2.61. The van der Waals surface area contributed by atoms with Gasteiger partial charge in [0.05, 0.1) is 6.20 Å². The van der Waals surface area contributed by atoms with E-state index in [0.29, 0.717) is 9.53 Å². The second-order valence-electron chi connectivity index (χ2n) is 1.19. The normalized spacial score (nSPS) is 9.56. The predicted molar refractivity (Wildman–Crippen MR) is 38.5 cm³/mol. The Labute approximate surface area is 66.4 Å². The third kappa shape index (κ3) is 2.01. The van der Waals surface area contributed by atoms with E-state index in [1.807, 2.05) is 0 Å². The molecule has 50 valence electrons. The van der Waals surface area contributed by atoms with E-state index in [2.05, 4.69) is 4.98 Å². The molecule has 0 saturated heterocycles. The van der Waals surface area contributed by atoms with Crippen LogP contribution in [0.2, 0.25) is 4.47 Å². The van der Waals surface area contributed by atoms with Crippen molar-refractivity contribution < 1.29 is 4.74 Å². The maximum absolute atomic E-state index is 5.48. The molecule has 0 N–H and O–H groups in total. The molecule has 0 aliphatic heterocycles. The number of hydrogen-bond donors (Lipinski definition) is 0. The fraction of sp³-hybridized carbons (Fsp3) is 0.250. The van der Waals surface area contributed by atoms with Crippen LogP contribution in [0.1, 0.15) is 0 Å². The number of nitrogens with zero attached hydrogens (tertiary/aromatic N) is 1. The average molecular weight is 184 g/mol. The van der Waals surface area contributed by atoms with Crippen molar-refractivity contribution in [3.8, 4) is 5.06 Å². The molecule has 0 spiro atoms. The van der Waals surface area contributed by atoms with Crippen LogP contribution in [0.25, 0.3) is 0 Å².